The lowest BCUT2D eigenvalue weighted by Gasteiger charge is -2.09. The third-order valence-corrected chi connectivity index (χ3v) is 3.97. The van der Waals surface area contributed by atoms with Gasteiger partial charge in [0.05, 0.1) is 22.7 Å². The van der Waals surface area contributed by atoms with Gasteiger partial charge in [0.2, 0.25) is 5.91 Å². The Bertz CT molecular complexity index is 925. The van der Waals surface area contributed by atoms with Crippen molar-refractivity contribution < 1.29 is 9.59 Å². The fraction of sp³-hybridized carbons (Fsp3) is 0.118. The standard InChI is InChI=1S/C17H15ClN6O2/c1-19-17(26)14-9-12(4-7-15(14)18)21-16(25)8-11-2-5-13(6-3-11)24-10-20-22-23-24/h2-7,9-10H,8H2,1H3,(H,19,26)(H,21,25). The lowest BCUT2D eigenvalue weighted by molar-refractivity contribution is -0.115. The Hall–Kier alpha value is -3.26. The number of tetrazole rings is 1. The van der Waals surface area contributed by atoms with Crippen LogP contribution in [0.1, 0.15) is 15.9 Å². The van der Waals surface area contributed by atoms with Crippen molar-refractivity contribution in [2.75, 3.05) is 12.4 Å². The molecule has 2 amide bonds. The Morgan fingerprint density at radius 3 is 2.58 bits per heavy atom. The van der Waals surface area contributed by atoms with Gasteiger partial charge in [-0.15, -0.1) is 5.10 Å². The van der Waals surface area contributed by atoms with Crippen molar-refractivity contribution in [3.63, 3.8) is 0 Å². The van der Waals surface area contributed by atoms with E-state index in [9.17, 15) is 9.59 Å². The number of halogens is 1. The van der Waals surface area contributed by atoms with Crippen LogP contribution in [-0.2, 0) is 11.2 Å². The maximum atomic E-state index is 12.2. The molecular weight excluding hydrogens is 356 g/mol. The van der Waals surface area contributed by atoms with Crippen LogP contribution in [0.3, 0.4) is 0 Å². The van der Waals surface area contributed by atoms with Gasteiger partial charge in [0.15, 0.2) is 0 Å². The van der Waals surface area contributed by atoms with Crippen molar-refractivity contribution in [3.05, 3.63) is 64.9 Å². The molecule has 2 aromatic carbocycles. The maximum absolute atomic E-state index is 12.2. The highest BCUT2D eigenvalue weighted by Gasteiger charge is 2.11. The lowest BCUT2D eigenvalue weighted by atomic mass is 10.1. The minimum atomic E-state index is -0.315. The van der Waals surface area contributed by atoms with Crippen molar-refractivity contribution in [2.24, 2.45) is 0 Å². The van der Waals surface area contributed by atoms with Crippen molar-refractivity contribution >= 4 is 29.1 Å². The van der Waals surface area contributed by atoms with Gasteiger partial charge in [0.25, 0.3) is 5.91 Å². The number of aromatic nitrogens is 4. The Labute approximate surface area is 154 Å². The second kappa shape index (κ2) is 7.75. The summed E-state index contributed by atoms with van der Waals surface area (Å²) in [5.41, 5.74) is 2.44. The first-order valence-corrected chi connectivity index (χ1v) is 8.08. The summed E-state index contributed by atoms with van der Waals surface area (Å²) in [4.78, 5) is 24.0. The molecule has 26 heavy (non-hydrogen) atoms. The third kappa shape index (κ3) is 4.04. The Balaban J connectivity index is 1.66. The Morgan fingerprint density at radius 2 is 1.92 bits per heavy atom. The van der Waals surface area contributed by atoms with Gasteiger partial charge in [-0.2, -0.15) is 0 Å². The molecule has 0 aliphatic heterocycles. The molecule has 0 saturated heterocycles. The molecule has 132 valence electrons. The highest BCUT2D eigenvalue weighted by Crippen LogP contribution is 2.21. The van der Waals surface area contributed by atoms with Crippen molar-refractivity contribution in [1.82, 2.24) is 25.5 Å². The van der Waals surface area contributed by atoms with Gasteiger partial charge in [0, 0.05) is 12.7 Å². The van der Waals surface area contributed by atoms with Gasteiger partial charge in [-0.05, 0) is 46.3 Å². The largest absolute Gasteiger partial charge is 0.355 e. The summed E-state index contributed by atoms with van der Waals surface area (Å²) in [5.74, 6) is -0.519. The SMILES string of the molecule is CNC(=O)c1cc(NC(=O)Cc2ccc(-n3cnnn3)cc2)ccc1Cl. The average Bonchev–Trinajstić information content (AvgIpc) is 3.18. The van der Waals surface area contributed by atoms with Crippen LogP contribution in [0, 0.1) is 0 Å². The maximum Gasteiger partial charge on any atom is 0.252 e. The summed E-state index contributed by atoms with van der Waals surface area (Å²) in [5, 5.41) is 16.6. The molecular formula is C17H15ClN6O2. The van der Waals surface area contributed by atoms with E-state index in [-0.39, 0.29) is 18.2 Å². The molecule has 2 N–H and O–H groups in total. The zero-order valence-electron chi connectivity index (χ0n) is 13.8. The minimum absolute atomic E-state index is 0.188. The monoisotopic (exact) mass is 370 g/mol. The Morgan fingerprint density at radius 1 is 1.15 bits per heavy atom. The van der Waals surface area contributed by atoms with Crippen LogP contribution in [0.5, 0.6) is 0 Å². The minimum Gasteiger partial charge on any atom is -0.355 e. The topological polar surface area (TPSA) is 102 Å². The number of nitrogens with one attached hydrogen (secondary N) is 2. The molecule has 8 nitrogen and oxygen atoms in total. The van der Waals surface area contributed by atoms with E-state index in [1.54, 1.807) is 18.2 Å². The molecule has 9 heteroatoms. The molecule has 0 unspecified atom stereocenters. The van der Waals surface area contributed by atoms with Crippen LogP contribution in [0.25, 0.3) is 5.69 Å². The molecule has 0 aliphatic carbocycles. The number of hydrogen-bond acceptors (Lipinski definition) is 5. The predicted molar refractivity (Wildman–Crippen MR) is 96.3 cm³/mol. The number of benzene rings is 2. The third-order valence-electron chi connectivity index (χ3n) is 3.64. The summed E-state index contributed by atoms with van der Waals surface area (Å²) in [6, 6.07) is 12.1. The summed E-state index contributed by atoms with van der Waals surface area (Å²) in [6.45, 7) is 0. The molecule has 0 spiro atoms. The molecule has 1 aromatic heterocycles. The van der Waals surface area contributed by atoms with Crippen LogP contribution in [0.4, 0.5) is 5.69 Å². The molecule has 3 rings (SSSR count). The smallest absolute Gasteiger partial charge is 0.252 e. The Kier molecular flexibility index (Phi) is 5.23. The average molecular weight is 371 g/mol. The molecule has 0 saturated carbocycles. The zero-order chi connectivity index (χ0) is 18.5. The van der Waals surface area contributed by atoms with Crippen LogP contribution in [-0.4, -0.2) is 39.1 Å². The molecule has 0 atom stereocenters. The van der Waals surface area contributed by atoms with Crippen LogP contribution in [0.2, 0.25) is 5.02 Å². The van der Waals surface area contributed by atoms with Crippen molar-refractivity contribution in [2.45, 2.75) is 6.42 Å². The summed E-state index contributed by atoms with van der Waals surface area (Å²) < 4.78 is 1.53. The first-order valence-electron chi connectivity index (χ1n) is 7.70. The van der Waals surface area contributed by atoms with Gasteiger partial charge in [-0.25, -0.2) is 4.68 Å². The summed E-state index contributed by atoms with van der Waals surface area (Å²) in [7, 11) is 1.52. The van der Waals surface area contributed by atoms with E-state index in [2.05, 4.69) is 26.2 Å². The molecule has 0 fully saturated rings. The van der Waals surface area contributed by atoms with Gasteiger partial charge >= 0.3 is 0 Å². The number of rotatable bonds is 5. The molecule has 3 aromatic rings. The van der Waals surface area contributed by atoms with Gasteiger partial charge in [0.1, 0.15) is 6.33 Å². The normalized spacial score (nSPS) is 10.4. The first-order chi connectivity index (χ1) is 12.6. The number of hydrogen-bond donors (Lipinski definition) is 2. The predicted octanol–water partition coefficient (Wildman–Crippen LogP) is 1.86. The fourth-order valence-corrected chi connectivity index (χ4v) is 2.55. The molecule has 0 radical (unpaired) electrons. The van der Waals surface area contributed by atoms with Gasteiger partial charge in [-0.1, -0.05) is 23.7 Å². The lowest BCUT2D eigenvalue weighted by Crippen LogP contribution is -2.19. The second-order valence-electron chi connectivity index (χ2n) is 5.42. The second-order valence-corrected chi connectivity index (χ2v) is 5.83. The fourth-order valence-electron chi connectivity index (χ4n) is 2.35. The highest BCUT2D eigenvalue weighted by molar-refractivity contribution is 6.34. The van der Waals surface area contributed by atoms with Gasteiger partial charge < -0.3 is 10.6 Å². The van der Waals surface area contributed by atoms with E-state index in [1.165, 1.54) is 18.1 Å². The number of carbonyl (C=O) groups excluding carboxylic acids is 2. The van der Waals surface area contributed by atoms with Crippen LogP contribution in [0.15, 0.2) is 48.8 Å². The van der Waals surface area contributed by atoms with Gasteiger partial charge in [-0.3, -0.25) is 9.59 Å². The molecule has 1 heterocycles. The van der Waals surface area contributed by atoms with Crippen LogP contribution >= 0.6 is 11.6 Å². The van der Waals surface area contributed by atoms with E-state index in [1.807, 2.05) is 24.3 Å². The number of anilines is 1. The number of amides is 2. The van der Waals surface area contributed by atoms with E-state index in [0.29, 0.717) is 16.3 Å². The molecule has 0 bridgehead atoms. The van der Waals surface area contributed by atoms with E-state index in [4.69, 9.17) is 11.6 Å². The van der Waals surface area contributed by atoms with E-state index < -0.39 is 0 Å². The summed E-state index contributed by atoms with van der Waals surface area (Å²) in [6.07, 6.45) is 1.68. The first kappa shape index (κ1) is 17.6. The van der Waals surface area contributed by atoms with Crippen LogP contribution < -0.4 is 10.6 Å². The van der Waals surface area contributed by atoms with E-state index >= 15 is 0 Å². The number of carbonyl (C=O) groups is 2. The van der Waals surface area contributed by atoms with E-state index in [0.717, 1.165) is 11.3 Å². The summed E-state index contributed by atoms with van der Waals surface area (Å²) >= 11 is 6.00. The zero-order valence-corrected chi connectivity index (χ0v) is 14.6. The number of nitrogens with zero attached hydrogens (tertiary/aromatic N) is 4. The highest BCUT2D eigenvalue weighted by atomic mass is 35.5. The van der Waals surface area contributed by atoms with Crippen molar-refractivity contribution in [1.29, 1.82) is 0 Å². The quantitative estimate of drug-likeness (QED) is 0.713. The molecule has 0 aliphatic rings. The van der Waals surface area contributed by atoms with Crippen molar-refractivity contribution in [3.8, 4) is 5.69 Å².